The molecule has 0 spiro atoms. The highest BCUT2D eigenvalue weighted by molar-refractivity contribution is 9.10. The average Bonchev–Trinajstić information content (AvgIpc) is 2.15. The zero-order chi connectivity index (χ0) is 12.3. The van der Waals surface area contributed by atoms with E-state index in [1.54, 1.807) is 0 Å². The molecule has 2 atom stereocenters. The number of hydrogen-bond donors (Lipinski definition) is 0. The van der Waals surface area contributed by atoms with Crippen molar-refractivity contribution < 1.29 is 4.39 Å². The molecule has 0 heterocycles. The summed E-state index contributed by atoms with van der Waals surface area (Å²) in [5.74, 6) is 0.969. The highest BCUT2D eigenvalue weighted by atomic mass is 79.9. The van der Waals surface area contributed by atoms with Crippen LogP contribution in [0.2, 0.25) is 0 Å². The van der Waals surface area contributed by atoms with E-state index in [1.165, 1.54) is 17.7 Å². The van der Waals surface area contributed by atoms with Crippen LogP contribution in [0, 0.1) is 17.7 Å². The lowest BCUT2D eigenvalue weighted by Crippen LogP contribution is -2.20. The van der Waals surface area contributed by atoms with Gasteiger partial charge >= 0.3 is 0 Å². The molecular weight excluding hydrogens is 335 g/mol. The third-order valence-corrected chi connectivity index (χ3v) is 4.33. The van der Waals surface area contributed by atoms with Gasteiger partial charge in [0, 0.05) is 9.30 Å². The molecular formula is C13H17Br2F. The number of halogens is 3. The number of rotatable bonds is 4. The van der Waals surface area contributed by atoms with Gasteiger partial charge in [0.2, 0.25) is 0 Å². The highest BCUT2D eigenvalue weighted by Crippen LogP contribution is 2.28. The van der Waals surface area contributed by atoms with Gasteiger partial charge in [0.25, 0.3) is 0 Å². The van der Waals surface area contributed by atoms with Gasteiger partial charge in [-0.1, -0.05) is 58.7 Å². The molecule has 0 fully saturated rings. The Morgan fingerprint density at radius 1 is 1.25 bits per heavy atom. The molecule has 16 heavy (non-hydrogen) atoms. The quantitative estimate of drug-likeness (QED) is 0.655. The molecule has 3 heteroatoms. The normalized spacial score (nSPS) is 15.2. The fraction of sp³-hybridized carbons (Fsp3) is 0.538. The van der Waals surface area contributed by atoms with Gasteiger partial charge in [0.05, 0.1) is 0 Å². The van der Waals surface area contributed by atoms with Crippen LogP contribution in [0.5, 0.6) is 0 Å². The predicted octanol–water partition coefficient (Wildman–Crippen LogP) is 5.19. The first-order chi connectivity index (χ1) is 7.41. The number of hydrogen-bond acceptors (Lipinski definition) is 0. The van der Waals surface area contributed by atoms with Crippen molar-refractivity contribution in [2.24, 2.45) is 11.8 Å². The van der Waals surface area contributed by atoms with Gasteiger partial charge in [-0.25, -0.2) is 4.39 Å². The second-order valence-electron chi connectivity index (χ2n) is 4.53. The molecule has 0 aliphatic heterocycles. The number of benzene rings is 1. The van der Waals surface area contributed by atoms with Gasteiger partial charge in [0.15, 0.2) is 0 Å². The lowest BCUT2D eigenvalue weighted by molar-refractivity contribution is 0.383. The Hall–Kier alpha value is 0.110. The van der Waals surface area contributed by atoms with E-state index in [9.17, 15) is 4.39 Å². The molecule has 0 bridgehead atoms. The smallest absolute Gasteiger partial charge is 0.124 e. The Balaban J connectivity index is 2.85. The lowest BCUT2D eigenvalue weighted by Gasteiger charge is -2.24. The summed E-state index contributed by atoms with van der Waals surface area (Å²) in [5.41, 5.74) is 1.17. The Labute approximate surface area is 114 Å². The summed E-state index contributed by atoms with van der Waals surface area (Å²) in [6.45, 7) is 6.61. The van der Waals surface area contributed by atoms with Crippen LogP contribution in [0.4, 0.5) is 4.39 Å². The molecule has 90 valence electrons. The van der Waals surface area contributed by atoms with E-state index < -0.39 is 0 Å². The van der Waals surface area contributed by atoms with Crippen LogP contribution in [0.15, 0.2) is 22.7 Å². The van der Waals surface area contributed by atoms with E-state index in [1.807, 2.05) is 6.07 Å². The first-order valence-electron chi connectivity index (χ1n) is 5.49. The molecule has 0 saturated carbocycles. The molecule has 2 unspecified atom stereocenters. The van der Waals surface area contributed by atoms with Crippen molar-refractivity contribution >= 4 is 31.9 Å². The molecule has 1 aromatic carbocycles. The summed E-state index contributed by atoms with van der Waals surface area (Å²) in [6, 6.07) is 4.92. The van der Waals surface area contributed by atoms with Crippen LogP contribution in [0.1, 0.15) is 26.3 Å². The molecule has 0 aliphatic rings. The van der Waals surface area contributed by atoms with E-state index >= 15 is 0 Å². The maximum absolute atomic E-state index is 13.0. The first-order valence-corrected chi connectivity index (χ1v) is 7.20. The van der Waals surface area contributed by atoms with Gasteiger partial charge in [-0.3, -0.25) is 0 Å². The van der Waals surface area contributed by atoms with Crippen molar-refractivity contribution in [3.63, 3.8) is 0 Å². The minimum Gasteiger partial charge on any atom is -0.207 e. The zero-order valence-electron chi connectivity index (χ0n) is 9.81. The number of alkyl halides is 1. The molecule has 1 aromatic rings. The minimum absolute atomic E-state index is 0.191. The van der Waals surface area contributed by atoms with E-state index in [2.05, 4.69) is 52.6 Å². The fourth-order valence-electron chi connectivity index (χ4n) is 1.87. The molecule has 0 aliphatic carbocycles. The summed E-state index contributed by atoms with van der Waals surface area (Å²) in [7, 11) is 0. The molecule has 0 aromatic heterocycles. The summed E-state index contributed by atoms with van der Waals surface area (Å²) >= 11 is 7.07. The van der Waals surface area contributed by atoms with Gasteiger partial charge in [0.1, 0.15) is 5.82 Å². The van der Waals surface area contributed by atoms with Crippen molar-refractivity contribution in [1.82, 2.24) is 0 Å². The van der Waals surface area contributed by atoms with Crippen molar-refractivity contribution in [2.75, 3.05) is 0 Å². The molecule has 0 saturated heterocycles. The van der Waals surface area contributed by atoms with Crippen LogP contribution in [-0.4, -0.2) is 4.83 Å². The van der Waals surface area contributed by atoms with Crippen LogP contribution in [0.3, 0.4) is 0 Å². The topological polar surface area (TPSA) is 0 Å². The summed E-state index contributed by atoms with van der Waals surface area (Å²) in [4.78, 5) is 0.462. The SMILES string of the molecule is CC(C)C(Cc1ccc(F)cc1Br)C(C)Br. The molecule has 0 amide bonds. The second-order valence-corrected chi connectivity index (χ2v) is 6.82. The van der Waals surface area contributed by atoms with Crippen molar-refractivity contribution in [1.29, 1.82) is 0 Å². The monoisotopic (exact) mass is 350 g/mol. The van der Waals surface area contributed by atoms with Gasteiger partial charge in [-0.2, -0.15) is 0 Å². The summed E-state index contributed by atoms with van der Waals surface area (Å²) in [6.07, 6.45) is 0.963. The van der Waals surface area contributed by atoms with E-state index in [-0.39, 0.29) is 5.82 Å². The first kappa shape index (κ1) is 14.2. The Bertz CT molecular complexity index is 340. The Morgan fingerprint density at radius 2 is 1.88 bits per heavy atom. The highest BCUT2D eigenvalue weighted by Gasteiger charge is 2.20. The van der Waals surface area contributed by atoms with Crippen molar-refractivity contribution in [3.8, 4) is 0 Å². The molecule has 0 radical (unpaired) electrons. The Kier molecular flexibility index (Phi) is 5.45. The third-order valence-electron chi connectivity index (χ3n) is 2.92. The maximum atomic E-state index is 13.0. The third kappa shape index (κ3) is 3.85. The van der Waals surface area contributed by atoms with Crippen molar-refractivity contribution in [2.45, 2.75) is 32.0 Å². The van der Waals surface area contributed by atoms with Gasteiger partial charge < -0.3 is 0 Å². The van der Waals surface area contributed by atoms with E-state index in [0.29, 0.717) is 16.7 Å². The predicted molar refractivity (Wildman–Crippen MR) is 74.5 cm³/mol. The average molecular weight is 352 g/mol. The van der Waals surface area contributed by atoms with Crippen LogP contribution < -0.4 is 0 Å². The summed E-state index contributed by atoms with van der Waals surface area (Å²) in [5, 5.41) is 0. The van der Waals surface area contributed by atoms with E-state index in [0.717, 1.165) is 10.9 Å². The van der Waals surface area contributed by atoms with Crippen LogP contribution in [-0.2, 0) is 6.42 Å². The zero-order valence-corrected chi connectivity index (χ0v) is 13.0. The van der Waals surface area contributed by atoms with Crippen LogP contribution >= 0.6 is 31.9 Å². The molecule has 0 nitrogen and oxygen atoms in total. The largest absolute Gasteiger partial charge is 0.207 e. The maximum Gasteiger partial charge on any atom is 0.124 e. The van der Waals surface area contributed by atoms with Crippen LogP contribution in [0.25, 0.3) is 0 Å². The lowest BCUT2D eigenvalue weighted by atomic mass is 9.87. The minimum atomic E-state index is -0.191. The van der Waals surface area contributed by atoms with Gasteiger partial charge in [-0.15, -0.1) is 0 Å². The summed E-state index contributed by atoms with van der Waals surface area (Å²) < 4.78 is 13.8. The molecule has 1 rings (SSSR count). The standard InChI is InChI=1S/C13H17Br2F/c1-8(2)12(9(3)14)6-10-4-5-11(16)7-13(10)15/h4-5,7-9,12H,6H2,1-3H3. The molecule has 0 N–H and O–H groups in total. The second kappa shape index (κ2) is 6.15. The van der Waals surface area contributed by atoms with Gasteiger partial charge in [-0.05, 0) is 36.0 Å². The van der Waals surface area contributed by atoms with Crippen molar-refractivity contribution in [3.05, 3.63) is 34.1 Å². The Morgan fingerprint density at radius 3 is 2.31 bits per heavy atom. The van der Waals surface area contributed by atoms with E-state index in [4.69, 9.17) is 0 Å². The fourth-order valence-corrected chi connectivity index (χ4v) is 3.18.